The maximum atomic E-state index is 11.8. The molecule has 20 heavy (non-hydrogen) atoms. The lowest BCUT2D eigenvalue weighted by atomic mass is 10.0. The number of rotatable bonds is 2. The Kier molecular flexibility index (Phi) is 3.28. The average molecular weight is 286 g/mol. The van der Waals surface area contributed by atoms with Gasteiger partial charge in [0.25, 0.3) is 0 Å². The van der Waals surface area contributed by atoms with E-state index in [1.807, 2.05) is 23.6 Å². The first-order chi connectivity index (χ1) is 9.65. The molecule has 5 heteroatoms. The quantitative estimate of drug-likeness (QED) is 0.922. The molecule has 1 atom stereocenters. The number of hydrogen-bond donors (Lipinski definition) is 1. The fourth-order valence-electron chi connectivity index (χ4n) is 2.38. The van der Waals surface area contributed by atoms with Gasteiger partial charge in [-0.25, -0.2) is 5.01 Å². The molecule has 1 aromatic carbocycles. The molecule has 0 aliphatic carbocycles. The van der Waals surface area contributed by atoms with Crippen LogP contribution in [0.3, 0.4) is 0 Å². The van der Waals surface area contributed by atoms with Gasteiger partial charge in [-0.3, -0.25) is 4.79 Å². The summed E-state index contributed by atoms with van der Waals surface area (Å²) in [4.78, 5) is 12.9. The molecule has 1 aliphatic heterocycles. The van der Waals surface area contributed by atoms with E-state index < -0.39 is 0 Å². The van der Waals surface area contributed by atoms with Gasteiger partial charge < -0.3 is 5.11 Å². The fraction of sp³-hybridized carbons (Fsp3) is 0.200. The highest BCUT2D eigenvalue weighted by atomic mass is 32.1. The van der Waals surface area contributed by atoms with Gasteiger partial charge in [-0.15, -0.1) is 11.3 Å². The second-order valence-corrected chi connectivity index (χ2v) is 5.65. The Morgan fingerprint density at radius 2 is 2.25 bits per heavy atom. The summed E-state index contributed by atoms with van der Waals surface area (Å²) in [7, 11) is 0. The summed E-state index contributed by atoms with van der Waals surface area (Å²) in [6, 6.07) is 10.8. The summed E-state index contributed by atoms with van der Waals surface area (Å²) in [5.41, 5.74) is 1.82. The molecule has 3 rings (SSSR count). The number of hydrazone groups is 1. The number of carbonyl (C=O) groups excluding carboxylic acids is 1. The van der Waals surface area contributed by atoms with Crippen molar-refractivity contribution >= 4 is 23.0 Å². The molecule has 1 amide bonds. The van der Waals surface area contributed by atoms with E-state index >= 15 is 0 Å². The third-order valence-corrected chi connectivity index (χ3v) is 4.21. The first kappa shape index (κ1) is 12.9. The summed E-state index contributed by atoms with van der Waals surface area (Å²) in [6.07, 6.45) is 0.670. The first-order valence-electron chi connectivity index (χ1n) is 6.35. The van der Waals surface area contributed by atoms with Crippen molar-refractivity contribution in [3.8, 4) is 5.75 Å². The van der Waals surface area contributed by atoms with Crippen LogP contribution >= 0.6 is 11.3 Å². The summed E-state index contributed by atoms with van der Waals surface area (Å²) in [5.74, 6) is 0.112. The van der Waals surface area contributed by atoms with E-state index in [4.69, 9.17) is 0 Å². The molecular weight excluding hydrogens is 272 g/mol. The summed E-state index contributed by atoms with van der Waals surface area (Å²) >= 11 is 1.62. The van der Waals surface area contributed by atoms with Gasteiger partial charge in [-0.1, -0.05) is 18.2 Å². The molecule has 1 aromatic heterocycles. The molecule has 2 aromatic rings. The van der Waals surface area contributed by atoms with Crippen LogP contribution in [0.1, 0.15) is 29.8 Å². The summed E-state index contributed by atoms with van der Waals surface area (Å²) in [5, 5.41) is 17.6. The zero-order chi connectivity index (χ0) is 14.1. The lowest BCUT2D eigenvalue weighted by Crippen LogP contribution is -2.24. The standard InChI is InChI=1S/C15H14N2O2S/c1-10(18)17-14(11-4-2-5-12(19)8-11)9-13(16-17)15-6-3-7-20-15/h2-8,14,19H,9H2,1H3. The second-order valence-electron chi connectivity index (χ2n) is 4.70. The summed E-state index contributed by atoms with van der Waals surface area (Å²) < 4.78 is 0. The molecule has 1 unspecified atom stereocenters. The molecule has 0 saturated carbocycles. The smallest absolute Gasteiger partial charge is 0.240 e. The lowest BCUT2D eigenvalue weighted by Gasteiger charge is -2.20. The molecular formula is C15H14N2O2S. The highest BCUT2D eigenvalue weighted by Crippen LogP contribution is 2.34. The maximum absolute atomic E-state index is 11.8. The van der Waals surface area contributed by atoms with Crippen molar-refractivity contribution in [2.45, 2.75) is 19.4 Å². The largest absolute Gasteiger partial charge is 0.508 e. The Hall–Kier alpha value is -2.14. The molecule has 0 bridgehead atoms. The van der Waals surface area contributed by atoms with Crippen LogP contribution in [0, 0.1) is 0 Å². The normalized spacial score (nSPS) is 18.1. The Labute approximate surface area is 121 Å². The SMILES string of the molecule is CC(=O)N1N=C(c2cccs2)CC1c1cccc(O)c1. The number of carbonyl (C=O) groups is 1. The van der Waals surface area contributed by atoms with Crippen LogP contribution in [0.15, 0.2) is 46.9 Å². The van der Waals surface area contributed by atoms with Crippen molar-refractivity contribution in [2.24, 2.45) is 5.10 Å². The molecule has 2 heterocycles. The molecule has 1 N–H and O–H groups in total. The molecule has 0 radical (unpaired) electrons. The van der Waals surface area contributed by atoms with E-state index in [1.54, 1.807) is 29.5 Å². The van der Waals surface area contributed by atoms with Crippen molar-refractivity contribution in [1.82, 2.24) is 5.01 Å². The van der Waals surface area contributed by atoms with Crippen LogP contribution in [-0.2, 0) is 4.79 Å². The second kappa shape index (κ2) is 5.09. The Morgan fingerprint density at radius 1 is 1.40 bits per heavy atom. The monoisotopic (exact) mass is 286 g/mol. The van der Waals surface area contributed by atoms with E-state index in [1.165, 1.54) is 11.9 Å². The van der Waals surface area contributed by atoms with Gasteiger partial charge in [0.1, 0.15) is 5.75 Å². The number of benzene rings is 1. The van der Waals surface area contributed by atoms with E-state index in [0.717, 1.165) is 16.2 Å². The minimum Gasteiger partial charge on any atom is -0.508 e. The number of nitrogens with zero attached hydrogens (tertiary/aromatic N) is 2. The van der Waals surface area contributed by atoms with Gasteiger partial charge in [0.05, 0.1) is 16.6 Å². The molecule has 0 saturated heterocycles. The number of thiophene rings is 1. The van der Waals surface area contributed by atoms with Crippen LogP contribution < -0.4 is 0 Å². The lowest BCUT2D eigenvalue weighted by molar-refractivity contribution is -0.130. The topological polar surface area (TPSA) is 52.9 Å². The van der Waals surface area contributed by atoms with Gasteiger partial charge in [-0.05, 0) is 29.1 Å². The maximum Gasteiger partial charge on any atom is 0.240 e. The molecule has 4 nitrogen and oxygen atoms in total. The predicted octanol–water partition coefficient (Wildman–Crippen LogP) is 3.15. The van der Waals surface area contributed by atoms with Crippen molar-refractivity contribution in [2.75, 3.05) is 0 Å². The highest BCUT2D eigenvalue weighted by molar-refractivity contribution is 7.12. The number of phenols is 1. The van der Waals surface area contributed by atoms with Gasteiger partial charge in [0, 0.05) is 13.3 Å². The van der Waals surface area contributed by atoms with Crippen LogP contribution in [0.25, 0.3) is 0 Å². The van der Waals surface area contributed by atoms with Crippen LogP contribution in [0.2, 0.25) is 0 Å². The number of amides is 1. The van der Waals surface area contributed by atoms with Crippen molar-refractivity contribution < 1.29 is 9.90 Å². The van der Waals surface area contributed by atoms with E-state index in [0.29, 0.717) is 6.42 Å². The minimum absolute atomic E-state index is 0.0927. The fourth-order valence-corrected chi connectivity index (χ4v) is 3.10. The molecule has 1 aliphatic rings. The van der Waals surface area contributed by atoms with Crippen molar-refractivity contribution in [1.29, 1.82) is 0 Å². The van der Waals surface area contributed by atoms with Crippen molar-refractivity contribution in [3.05, 3.63) is 52.2 Å². The Bertz CT molecular complexity index is 664. The van der Waals surface area contributed by atoms with Gasteiger partial charge in [0.2, 0.25) is 5.91 Å². The molecule has 0 spiro atoms. The van der Waals surface area contributed by atoms with Crippen LogP contribution in [0.4, 0.5) is 0 Å². The summed E-state index contributed by atoms with van der Waals surface area (Å²) in [6.45, 7) is 1.51. The molecule has 0 fully saturated rings. The van der Waals surface area contributed by atoms with Gasteiger partial charge in [0.15, 0.2) is 0 Å². The minimum atomic E-state index is -0.142. The van der Waals surface area contributed by atoms with Crippen LogP contribution in [-0.4, -0.2) is 21.7 Å². The zero-order valence-electron chi connectivity index (χ0n) is 11.0. The van der Waals surface area contributed by atoms with Crippen molar-refractivity contribution in [3.63, 3.8) is 0 Å². The Morgan fingerprint density at radius 3 is 2.90 bits per heavy atom. The average Bonchev–Trinajstić information content (AvgIpc) is 3.08. The predicted molar refractivity (Wildman–Crippen MR) is 78.8 cm³/mol. The number of aromatic hydroxyl groups is 1. The third kappa shape index (κ3) is 2.32. The van der Waals surface area contributed by atoms with E-state index in [-0.39, 0.29) is 17.7 Å². The first-order valence-corrected chi connectivity index (χ1v) is 7.23. The van der Waals surface area contributed by atoms with Gasteiger partial charge >= 0.3 is 0 Å². The zero-order valence-corrected chi connectivity index (χ0v) is 11.8. The highest BCUT2D eigenvalue weighted by Gasteiger charge is 2.31. The number of hydrogen-bond acceptors (Lipinski definition) is 4. The van der Waals surface area contributed by atoms with Crippen LogP contribution in [0.5, 0.6) is 5.75 Å². The molecule has 102 valence electrons. The third-order valence-electron chi connectivity index (χ3n) is 3.29. The van der Waals surface area contributed by atoms with Gasteiger partial charge in [-0.2, -0.15) is 5.10 Å². The van der Waals surface area contributed by atoms with E-state index in [2.05, 4.69) is 5.10 Å². The number of phenolic OH excluding ortho intramolecular Hbond substituents is 1. The van der Waals surface area contributed by atoms with E-state index in [9.17, 15) is 9.90 Å². The Balaban J connectivity index is 1.95.